The monoisotopic (exact) mass is 202 g/mol. The predicted octanol–water partition coefficient (Wildman–Crippen LogP) is 1.31. The van der Waals surface area contributed by atoms with Crippen LogP contribution in [0.15, 0.2) is 0 Å². The van der Waals surface area contributed by atoms with E-state index in [1.54, 1.807) is 11.9 Å². The van der Waals surface area contributed by atoms with Crippen LogP contribution < -0.4 is 5.73 Å². The molecule has 0 heterocycles. The van der Waals surface area contributed by atoms with Gasteiger partial charge in [0.2, 0.25) is 0 Å². The highest BCUT2D eigenvalue weighted by Crippen LogP contribution is 2.00. The van der Waals surface area contributed by atoms with Crippen molar-refractivity contribution in [3.63, 3.8) is 0 Å². The van der Waals surface area contributed by atoms with Gasteiger partial charge in [0.1, 0.15) is 0 Å². The number of amides is 1. The summed E-state index contributed by atoms with van der Waals surface area (Å²) in [7, 11) is 1.73. The summed E-state index contributed by atoms with van der Waals surface area (Å²) in [6, 6.07) is 0. The van der Waals surface area contributed by atoms with Crippen LogP contribution in [0.1, 0.15) is 20.8 Å². The fourth-order valence-corrected chi connectivity index (χ4v) is 0.965. The van der Waals surface area contributed by atoms with E-state index in [4.69, 9.17) is 10.5 Å². The average molecular weight is 202 g/mol. The van der Waals surface area contributed by atoms with E-state index in [0.29, 0.717) is 31.5 Å². The highest BCUT2D eigenvalue weighted by atomic mass is 16.6. The Morgan fingerprint density at radius 1 is 1.43 bits per heavy atom. The largest absolute Gasteiger partial charge is 0.449 e. The van der Waals surface area contributed by atoms with E-state index >= 15 is 0 Å². The van der Waals surface area contributed by atoms with E-state index in [-0.39, 0.29) is 6.09 Å². The van der Waals surface area contributed by atoms with E-state index in [2.05, 4.69) is 0 Å². The quantitative estimate of drug-likeness (QED) is 0.731. The van der Waals surface area contributed by atoms with Crippen molar-refractivity contribution >= 4 is 6.09 Å². The molecule has 84 valence electrons. The lowest BCUT2D eigenvalue weighted by molar-refractivity contribution is 0.0962. The third-order valence-corrected chi connectivity index (χ3v) is 1.84. The standard InChI is InChI=1S/C10H22N2O2/c1-8(2)7-14-10(13)12(4)6-9(3)5-11/h8-9H,5-7,11H2,1-4H3. The second kappa shape index (κ2) is 6.65. The molecule has 1 atom stereocenters. The average Bonchev–Trinajstić information content (AvgIpc) is 2.13. The smallest absolute Gasteiger partial charge is 0.409 e. The first-order chi connectivity index (χ1) is 6.47. The molecule has 4 nitrogen and oxygen atoms in total. The van der Waals surface area contributed by atoms with Gasteiger partial charge in [-0.05, 0) is 18.4 Å². The lowest BCUT2D eigenvalue weighted by Gasteiger charge is -2.20. The molecule has 0 aliphatic heterocycles. The Morgan fingerprint density at radius 3 is 2.43 bits per heavy atom. The van der Waals surface area contributed by atoms with E-state index in [1.807, 2.05) is 20.8 Å². The van der Waals surface area contributed by atoms with Crippen LogP contribution in [-0.2, 0) is 4.74 Å². The number of carbonyl (C=O) groups excluding carboxylic acids is 1. The molecular weight excluding hydrogens is 180 g/mol. The molecule has 0 bridgehead atoms. The van der Waals surface area contributed by atoms with E-state index < -0.39 is 0 Å². The topological polar surface area (TPSA) is 55.6 Å². The number of hydrogen-bond acceptors (Lipinski definition) is 3. The number of hydrogen-bond donors (Lipinski definition) is 1. The molecule has 0 rings (SSSR count). The number of rotatable bonds is 5. The first-order valence-corrected chi connectivity index (χ1v) is 5.05. The van der Waals surface area contributed by atoms with Crippen molar-refractivity contribution in [3.05, 3.63) is 0 Å². The summed E-state index contributed by atoms with van der Waals surface area (Å²) in [4.78, 5) is 12.9. The van der Waals surface area contributed by atoms with Crippen LogP contribution in [0.3, 0.4) is 0 Å². The van der Waals surface area contributed by atoms with Crippen molar-refractivity contribution in [3.8, 4) is 0 Å². The van der Waals surface area contributed by atoms with Crippen molar-refractivity contribution in [2.45, 2.75) is 20.8 Å². The molecule has 1 unspecified atom stereocenters. The van der Waals surface area contributed by atoms with E-state index in [0.717, 1.165) is 0 Å². The summed E-state index contributed by atoms with van der Waals surface area (Å²) in [5, 5.41) is 0. The Hall–Kier alpha value is -0.770. The second-order valence-electron chi connectivity index (χ2n) is 4.19. The Morgan fingerprint density at radius 2 is 2.00 bits per heavy atom. The van der Waals surface area contributed by atoms with Crippen LogP contribution in [0, 0.1) is 11.8 Å². The molecule has 14 heavy (non-hydrogen) atoms. The summed E-state index contributed by atoms with van der Waals surface area (Å²) in [5.74, 6) is 0.686. The molecular formula is C10H22N2O2. The highest BCUT2D eigenvalue weighted by Gasteiger charge is 2.12. The first-order valence-electron chi connectivity index (χ1n) is 5.05. The van der Waals surface area contributed by atoms with Crippen LogP contribution >= 0.6 is 0 Å². The van der Waals surface area contributed by atoms with Crippen LogP contribution in [0.25, 0.3) is 0 Å². The maximum absolute atomic E-state index is 11.4. The first kappa shape index (κ1) is 13.2. The van der Waals surface area contributed by atoms with Crippen LogP contribution in [0.4, 0.5) is 4.79 Å². The second-order valence-corrected chi connectivity index (χ2v) is 4.19. The third-order valence-electron chi connectivity index (χ3n) is 1.84. The molecule has 0 aliphatic rings. The molecule has 0 aliphatic carbocycles. The van der Waals surface area contributed by atoms with Gasteiger partial charge in [-0.3, -0.25) is 0 Å². The minimum absolute atomic E-state index is 0.265. The molecule has 0 aromatic rings. The maximum Gasteiger partial charge on any atom is 0.409 e. The number of nitrogens with two attached hydrogens (primary N) is 1. The van der Waals surface area contributed by atoms with Gasteiger partial charge >= 0.3 is 6.09 Å². The van der Waals surface area contributed by atoms with Gasteiger partial charge in [-0.25, -0.2) is 4.79 Å². The van der Waals surface area contributed by atoms with Gasteiger partial charge in [-0.15, -0.1) is 0 Å². The molecule has 0 aromatic heterocycles. The van der Waals surface area contributed by atoms with Gasteiger partial charge < -0.3 is 15.4 Å². The van der Waals surface area contributed by atoms with Gasteiger partial charge in [-0.1, -0.05) is 20.8 Å². The van der Waals surface area contributed by atoms with Crippen molar-refractivity contribution < 1.29 is 9.53 Å². The molecule has 0 aromatic carbocycles. The Bertz CT molecular complexity index is 172. The van der Waals surface area contributed by atoms with E-state index in [9.17, 15) is 4.79 Å². The van der Waals surface area contributed by atoms with Gasteiger partial charge in [0, 0.05) is 13.6 Å². The zero-order chi connectivity index (χ0) is 11.1. The van der Waals surface area contributed by atoms with Gasteiger partial charge in [0.25, 0.3) is 0 Å². The molecule has 0 fully saturated rings. The predicted molar refractivity (Wildman–Crippen MR) is 57.0 cm³/mol. The Labute approximate surface area is 86.4 Å². The van der Waals surface area contributed by atoms with Crippen molar-refractivity contribution in [2.24, 2.45) is 17.6 Å². The third kappa shape index (κ3) is 5.80. The van der Waals surface area contributed by atoms with E-state index in [1.165, 1.54) is 0 Å². The van der Waals surface area contributed by atoms with Crippen LogP contribution in [-0.4, -0.2) is 37.7 Å². The van der Waals surface area contributed by atoms with Crippen LogP contribution in [0.2, 0.25) is 0 Å². The van der Waals surface area contributed by atoms with Gasteiger partial charge in [-0.2, -0.15) is 0 Å². The molecule has 0 saturated carbocycles. The summed E-state index contributed by atoms with van der Waals surface area (Å²) in [5.41, 5.74) is 5.46. The lowest BCUT2D eigenvalue weighted by Crippen LogP contribution is -2.34. The SMILES string of the molecule is CC(C)COC(=O)N(C)CC(C)CN. The molecule has 0 radical (unpaired) electrons. The molecule has 1 amide bonds. The van der Waals surface area contributed by atoms with Crippen molar-refractivity contribution in [1.82, 2.24) is 4.90 Å². The Kier molecular flexibility index (Phi) is 6.28. The molecule has 2 N–H and O–H groups in total. The normalized spacial score (nSPS) is 12.7. The zero-order valence-electron chi connectivity index (χ0n) is 9.62. The van der Waals surface area contributed by atoms with Gasteiger partial charge in [0.15, 0.2) is 0 Å². The highest BCUT2D eigenvalue weighted by molar-refractivity contribution is 5.67. The summed E-state index contributed by atoms with van der Waals surface area (Å²) in [6.07, 6.45) is -0.265. The molecule has 4 heteroatoms. The minimum atomic E-state index is -0.265. The summed E-state index contributed by atoms with van der Waals surface area (Å²) >= 11 is 0. The molecule has 0 saturated heterocycles. The lowest BCUT2D eigenvalue weighted by atomic mass is 10.2. The number of ether oxygens (including phenoxy) is 1. The minimum Gasteiger partial charge on any atom is -0.449 e. The fourth-order valence-electron chi connectivity index (χ4n) is 0.965. The summed E-state index contributed by atoms with van der Waals surface area (Å²) < 4.78 is 5.06. The zero-order valence-corrected chi connectivity index (χ0v) is 9.62. The molecule has 0 spiro atoms. The Balaban J connectivity index is 3.76. The van der Waals surface area contributed by atoms with Crippen molar-refractivity contribution in [1.29, 1.82) is 0 Å². The van der Waals surface area contributed by atoms with Crippen molar-refractivity contribution in [2.75, 3.05) is 26.7 Å². The van der Waals surface area contributed by atoms with Gasteiger partial charge in [0.05, 0.1) is 6.61 Å². The number of nitrogens with zero attached hydrogens (tertiary/aromatic N) is 1. The maximum atomic E-state index is 11.4. The number of carbonyl (C=O) groups is 1. The fraction of sp³-hybridized carbons (Fsp3) is 0.900. The van der Waals surface area contributed by atoms with Crippen LogP contribution in [0.5, 0.6) is 0 Å². The summed E-state index contributed by atoms with van der Waals surface area (Å²) in [6.45, 7) is 7.73.